The van der Waals surface area contributed by atoms with Crippen LogP contribution in [-0.2, 0) is 25.9 Å². The summed E-state index contributed by atoms with van der Waals surface area (Å²) in [6.45, 7) is 3.55. The number of benzene rings is 1. The highest BCUT2D eigenvalue weighted by molar-refractivity contribution is 5.28. The van der Waals surface area contributed by atoms with E-state index in [0.717, 1.165) is 44.0 Å². The fourth-order valence-electron chi connectivity index (χ4n) is 2.71. The molecule has 1 aromatic heterocycles. The zero-order chi connectivity index (χ0) is 13.1. The van der Waals surface area contributed by atoms with E-state index in [9.17, 15) is 0 Å². The van der Waals surface area contributed by atoms with Crippen LogP contribution in [0, 0.1) is 0 Å². The van der Waals surface area contributed by atoms with Gasteiger partial charge in [0.2, 0.25) is 0 Å². The number of hydrogen-bond acceptors (Lipinski definition) is 3. The van der Waals surface area contributed by atoms with Crippen LogP contribution >= 0.6 is 0 Å². The third-order valence-corrected chi connectivity index (χ3v) is 3.81. The Bertz CT molecular complexity index is 520. The molecule has 3 nitrogen and oxygen atoms in total. The summed E-state index contributed by atoms with van der Waals surface area (Å²) in [5.41, 5.74) is 8.56. The number of rotatable bonds is 3. The maximum atomic E-state index is 5.69. The Kier molecular flexibility index (Phi) is 3.67. The second-order valence-electron chi connectivity index (χ2n) is 5.12. The molecule has 2 N–H and O–H groups in total. The molecule has 0 saturated carbocycles. The molecule has 0 atom stereocenters. The van der Waals surface area contributed by atoms with Gasteiger partial charge < -0.3 is 10.2 Å². The summed E-state index contributed by atoms with van der Waals surface area (Å²) in [6, 6.07) is 12.8. The van der Waals surface area contributed by atoms with Gasteiger partial charge in [0, 0.05) is 13.1 Å². The molecule has 0 unspecified atom stereocenters. The molecule has 0 spiro atoms. The molecular formula is C16H20N2O. The molecule has 0 saturated heterocycles. The number of furan rings is 1. The molecule has 0 bridgehead atoms. The standard InChI is InChI=1S/C16H20N2O/c17-11-15-5-6-16(19-15)12-18-9-7-13-3-1-2-4-14(13)8-10-18/h1-6H,7-12,17H2. The van der Waals surface area contributed by atoms with Crippen LogP contribution in [0.5, 0.6) is 0 Å². The molecule has 100 valence electrons. The van der Waals surface area contributed by atoms with E-state index < -0.39 is 0 Å². The van der Waals surface area contributed by atoms with Gasteiger partial charge in [-0.2, -0.15) is 0 Å². The first-order valence-electron chi connectivity index (χ1n) is 6.92. The highest BCUT2D eigenvalue weighted by Crippen LogP contribution is 2.17. The molecule has 0 amide bonds. The summed E-state index contributed by atoms with van der Waals surface area (Å²) in [7, 11) is 0. The highest BCUT2D eigenvalue weighted by Gasteiger charge is 2.14. The van der Waals surface area contributed by atoms with E-state index in [1.807, 2.05) is 12.1 Å². The van der Waals surface area contributed by atoms with Gasteiger partial charge in [-0.15, -0.1) is 0 Å². The van der Waals surface area contributed by atoms with E-state index in [-0.39, 0.29) is 0 Å². The summed E-state index contributed by atoms with van der Waals surface area (Å²) in [6.07, 6.45) is 2.25. The first kappa shape index (κ1) is 12.5. The zero-order valence-electron chi connectivity index (χ0n) is 11.1. The number of nitrogens with zero attached hydrogens (tertiary/aromatic N) is 1. The maximum Gasteiger partial charge on any atom is 0.118 e. The van der Waals surface area contributed by atoms with Gasteiger partial charge in [0.25, 0.3) is 0 Å². The largest absolute Gasteiger partial charge is 0.463 e. The van der Waals surface area contributed by atoms with Gasteiger partial charge in [-0.25, -0.2) is 0 Å². The van der Waals surface area contributed by atoms with Crippen molar-refractivity contribution in [2.75, 3.05) is 13.1 Å². The zero-order valence-corrected chi connectivity index (χ0v) is 11.1. The van der Waals surface area contributed by atoms with Crippen LogP contribution in [0.2, 0.25) is 0 Å². The van der Waals surface area contributed by atoms with Gasteiger partial charge in [0.05, 0.1) is 13.1 Å². The third-order valence-electron chi connectivity index (χ3n) is 3.81. The van der Waals surface area contributed by atoms with Crippen molar-refractivity contribution in [1.29, 1.82) is 0 Å². The molecule has 1 aromatic carbocycles. The van der Waals surface area contributed by atoms with Crippen molar-refractivity contribution in [3.8, 4) is 0 Å². The Morgan fingerprint density at radius 3 is 2.16 bits per heavy atom. The third kappa shape index (κ3) is 2.88. The van der Waals surface area contributed by atoms with Crippen molar-refractivity contribution in [3.63, 3.8) is 0 Å². The van der Waals surface area contributed by atoms with Crippen LogP contribution in [-0.4, -0.2) is 18.0 Å². The molecule has 0 radical (unpaired) electrons. The normalized spacial score (nSPS) is 16.1. The molecule has 2 aromatic rings. The van der Waals surface area contributed by atoms with Gasteiger partial charge >= 0.3 is 0 Å². The minimum atomic E-state index is 0.478. The first-order chi connectivity index (χ1) is 9.35. The fraction of sp³-hybridized carbons (Fsp3) is 0.375. The average Bonchev–Trinajstić information content (AvgIpc) is 2.80. The van der Waals surface area contributed by atoms with Crippen LogP contribution in [0.1, 0.15) is 22.6 Å². The summed E-state index contributed by atoms with van der Waals surface area (Å²) in [4.78, 5) is 2.46. The second-order valence-corrected chi connectivity index (χ2v) is 5.12. The van der Waals surface area contributed by atoms with Gasteiger partial charge in [-0.3, -0.25) is 4.90 Å². The Labute approximate surface area is 114 Å². The van der Waals surface area contributed by atoms with Gasteiger partial charge in [-0.1, -0.05) is 24.3 Å². The lowest BCUT2D eigenvalue weighted by Crippen LogP contribution is -2.25. The smallest absolute Gasteiger partial charge is 0.118 e. The van der Waals surface area contributed by atoms with Gasteiger partial charge in [0.15, 0.2) is 0 Å². The molecule has 3 heteroatoms. The van der Waals surface area contributed by atoms with Gasteiger partial charge in [0.1, 0.15) is 11.5 Å². The highest BCUT2D eigenvalue weighted by atomic mass is 16.3. The summed E-state index contributed by atoms with van der Waals surface area (Å²) in [5.74, 6) is 1.89. The predicted octanol–water partition coefficient (Wildman–Crippen LogP) is 2.34. The summed E-state index contributed by atoms with van der Waals surface area (Å²) >= 11 is 0. The van der Waals surface area contributed by atoms with Crippen LogP contribution < -0.4 is 5.73 Å². The minimum absolute atomic E-state index is 0.478. The topological polar surface area (TPSA) is 42.4 Å². The molecular weight excluding hydrogens is 236 g/mol. The molecule has 0 aliphatic carbocycles. The molecule has 1 aliphatic heterocycles. The molecule has 3 rings (SSSR count). The Morgan fingerprint density at radius 2 is 1.58 bits per heavy atom. The molecule has 1 aliphatic rings. The van der Waals surface area contributed by atoms with Crippen LogP contribution in [0.4, 0.5) is 0 Å². The second kappa shape index (κ2) is 5.59. The van der Waals surface area contributed by atoms with Crippen molar-refractivity contribution in [2.24, 2.45) is 5.73 Å². The van der Waals surface area contributed by atoms with Crippen LogP contribution in [0.3, 0.4) is 0 Å². The van der Waals surface area contributed by atoms with Crippen molar-refractivity contribution in [3.05, 3.63) is 59.0 Å². The Morgan fingerprint density at radius 1 is 0.947 bits per heavy atom. The lowest BCUT2D eigenvalue weighted by molar-refractivity contribution is 0.252. The SMILES string of the molecule is NCc1ccc(CN2CCc3ccccc3CC2)o1. The molecule has 19 heavy (non-hydrogen) atoms. The summed E-state index contributed by atoms with van der Waals surface area (Å²) in [5, 5.41) is 0. The van der Waals surface area contributed by atoms with E-state index in [2.05, 4.69) is 29.2 Å². The number of nitrogens with two attached hydrogens (primary N) is 1. The van der Waals surface area contributed by atoms with E-state index in [1.54, 1.807) is 0 Å². The first-order valence-corrected chi connectivity index (χ1v) is 6.92. The van der Waals surface area contributed by atoms with Crippen molar-refractivity contribution in [1.82, 2.24) is 4.90 Å². The minimum Gasteiger partial charge on any atom is -0.463 e. The molecule has 2 heterocycles. The number of hydrogen-bond donors (Lipinski definition) is 1. The number of fused-ring (bicyclic) bond motifs is 1. The van der Waals surface area contributed by atoms with E-state index >= 15 is 0 Å². The lowest BCUT2D eigenvalue weighted by atomic mass is 10.0. The Hall–Kier alpha value is -1.58. The van der Waals surface area contributed by atoms with E-state index in [1.165, 1.54) is 11.1 Å². The lowest BCUT2D eigenvalue weighted by Gasteiger charge is -2.17. The monoisotopic (exact) mass is 256 g/mol. The van der Waals surface area contributed by atoms with Gasteiger partial charge in [-0.05, 0) is 36.1 Å². The van der Waals surface area contributed by atoms with Crippen molar-refractivity contribution >= 4 is 0 Å². The average molecular weight is 256 g/mol. The van der Waals surface area contributed by atoms with Crippen molar-refractivity contribution < 1.29 is 4.42 Å². The Balaban J connectivity index is 1.65. The fourth-order valence-corrected chi connectivity index (χ4v) is 2.71. The van der Waals surface area contributed by atoms with E-state index in [4.69, 9.17) is 10.2 Å². The van der Waals surface area contributed by atoms with Crippen LogP contribution in [0.15, 0.2) is 40.8 Å². The van der Waals surface area contributed by atoms with E-state index in [0.29, 0.717) is 6.54 Å². The summed E-state index contributed by atoms with van der Waals surface area (Å²) < 4.78 is 5.69. The maximum absolute atomic E-state index is 5.69. The van der Waals surface area contributed by atoms with Crippen LogP contribution in [0.25, 0.3) is 0 Å². The predicted molar refractivity (Wildman–Crippen MR) is 75.7 cm³/mol. The van der Waals surface area contributed by atoms with Crippen molar-refractivity contribution in [2.45, 2.75) is 25.9 Å². The quantitative estimate of drug-likeness (QED) is 0.916. The molecule has 0 fully saturated rings.